The SMILES string of the molecule is CCNc1c(F)cccc1C(=O)Nc1cccc(C)c1C. The summed E-state index contributed by atoms with van der Waals surface area (Å²) in [5.41, 5.74) is 3.39. The van der Waals surface area contributed by atoms with Crippen LogP contribution in [0, 0.1) is 19.7 Å². The third kappa shape index (κ3) is 3.21. The van der Waals surface area contributed by atoms with E-state index in [1.165, 1.54) is 12.1 Å². The lowest BCUT2D eigenvalue weighted by molar-refractivity contribution is 0.102. The molecule has 0 fully saturated rings. The average Bonchev–Trinajstić information content (AvgIpc) is 2.46. The van der Waals surface area contributed by atoms with Gasteiger partial charge in [-0.3, -0.25) is 4.79 Å². The van der Waals surface area contributed by atoms with Crippen LogP contribution in [0.3, 0.4) is 0 Å². The molecule has 1 amide bonds. The van der Waals surface area contributed by atoms with E-state index in [1.54, 1.807) is 6.07 Å². The summed E-state index contributed by atoms with van der Waals surface area (Å²) in [5, 5.41) is 5.75. The quantitative estimate of drug-likeness (QED) is 0.887. The molecule has 0 unspecified atom stereocenters. The number of rotatable bonds is 4. The Balaban J connectivity index is 2.33. The van der Waals surface area contributed by atoms with Crippen molar-refractivity contribution in [3.05, 3.63) is 58.9 Å². The molecule has 0 atom stereocenters. The number of halogens is 1. The maximum Gasteiger partial charge on any atom is 0.257 e. The van der Waals surface area contributed by atoms with Crippen LogP contribution in [0.4, 0.5) is 15.8 Å². The van der Waals surface area contributed by atoms with Crippen LogP contribution in [0.25, 0.3) is 0 Å². The Kier molecular flexibility index (Phi) is 4.58. The lowest BCUT2D eigenvalue weighted by Gasteiger charge is -2.14. The summed E-state index contributed by atoms with van der Waals surface area (Å²) in [7, 11) is 0. The van der Waals surface area contributed by atoms with E-state index in [0.717, 1.165) is 16.8 Å². The number of para-hydroxylation sites is 1. The fraction of sp³-hybridized carbons (Fsp3) is 0.235. The third-order valence-electron chi connectivity index (χ3n) is 3.46. The molecule has 4 heteroatoms. The Labute approximate surface area is 124 Å². The summed E-state index contributed by atoms with van der Waals surface area (Å²) < 4.78 is 13.8. The van der Waals surface area contributed by atoms with Gasteiger partial charge in [-0.25, -0.2) is 4.39 Å². The van der Waals surface area contributed by atoms with Crippen LogP contribution in [0.1, 0.15) is 28.4 Å². The van der Waals surface area contributed by atoms with Crippen molar-refractivity contribution in [3.8, 4) is 0 Å². The van der Waals surface area contributed by atoms with Gasteiger partial charge in [-0.15, -0.1) is 0 Å². The number of aryl methyl sites for hydroxylation is 1. The van der Waals surface area contributed by atoms with Gasteiger partial charge in [0.25, 0.3) is 5.91 Å². The molecule has 110 valence electrons. The molecule has 21 heavy (non-hydrogen) atoms. The van der Waals surface area contributed by atoms with Gasteiger partial charge in [0.1, 0.15) is 5.82 Å². The molecule has 2 rings (SSSR count). The second-order valence-electron chi connectivity index (χ2n) is 4.89. The van der Waals surface area contributed by atoms with Crippen molar-refractivity contribution >= 4 is 17.3 Å². The molecule has 0 aliphatic heterocycles. The number of carbonyl (C=O) groups excluding carboxylic acids is 1. The Morgan fingerprint density at radius 2 is 1.86 bits per heavy atom. The van der Waals surface area contributed by atoms with Crippen LogP contribution in [0.5, 0.6) is 0 Å². The minimum Gasteiger partial charge on any atom is -0.382 e. The monoisotopic (exact) mass is 286 g/mol. The molecule has 0 bridgehead atoms. The maximum atomic E-state index is 13.8. The summed E-state index contributed by atoms with van der Waals surface area (Å²) in [6.45, 7) is 6.34. The maximum absolute atomic E-state index is 13.8. The van der Waals surface area contributed by atoms with Gasteiger partial charge >= 0.3 is 0 Å². The molecule has 0 spiro atoms. The van der Waals surface area contributed by atoms with E-state index in [4.69, 9.17) is 0 Å². The van der Waals surface area contributed by atoms with E-state index in [9.17, 15) is 9.18 Å². The molecular formula is C17H19FN2O. The van der Waals surface area contributed by atoms with Crippen molar-refractivity contribution in [2.24, 2.45) is 0 Å². The van der Waals surface area contributed by atoms with Crippen LogP contribution in [-0.4, -0.2) is 12.5 Å². The zero-order chi connectivity index (χ0) is 15.4. The highest BCUT2D eigenvalue weighted by molar-refractivity contribution is 6.08. The average molecular weight is 286 g/mol. The number of carbonyl (C=O) groups is 1. The van der Waals surface area contributed by atoms with Gasteiger partial charge in [-0.2, -0.15) is 0 Å². The minimum absolute atomic E-state index is 0.239. The second kappa shape index (κ2) is 6.39. The van der Waals surface area contributed by atoms with Crippen LogP contribution >= 0.6 is 0 Å². The predicted molar refractivity (Wildman–Crippen MR) is 84.4 cm³/mol. The molecule has 2 aromatic rings. The van der Waals surface area contributed by atoms with Crippen molar-refractivity contribution < 1.29 is 9.18 Å². The van der Waals surface area contributed by atoms with Crippen LogP contribution in [-0.2, 0) is 0 Å². The zero-order valence-electron chi connectivity index (χ0n) is 12.5. The van der Waals surface area contributed by atoms with Crippen molar-refractivity contribution in [3.63, 3.8) is 0 Å². The molecule has 0 radical (unpaired) electrons. The Bertz CT molecular complexity index is 668. The highest BCUT2D eigenvalue weighted by atomic mass is 19.1. The number of hydrogen-bond donors (Lipinski definition) is 2. The number of amides is 1. The Morgan fingerprint density at radius 1 is 1.14 bits per heavy atom. The molecule has 0 aliphatic carbocycles. The Hall–Kier alpha value is -2.36. The summed E-state index contributed by atoms with van der Waals surface area (Å²) in [4.78, 5) is 12.4. The molecule has 0 saturated carbocycles. The van der Waals surface area contributed by atoms with Crippen molar-refractivity contribution in [2.45, 2.75) is 20.8 Å². The van der Waals surface area contributed by atoms with Gasteiger partial charge in [-0.05, 0) is 50.1 Å². The lowest BCUT2D eigenvalue weighted by atomic mass is 10.1. The number of anilines is 2. The zero-order valence-corrected chi connectivity index (χ0v) is 12.5. The van der Waals surface area contributed by atoms with E-state index in [0.29, 0.717) is 12.1 Å². The summed E-state index contributed by atoms with van der Waals surface area (Å²) >= 11 is 0. The molecule has 3 nitrogen and oxygen atoms in total. The van der Waals surface area contributed by atoms with Crippen molar-refractivity contribution in [1.29, 1.82) is 0 Å². The van der Waals surface area contributed by atoms with Gasteiger partial charge in [0.2, 0.25) is 0 Å². The number of nitrogens with one attached hydrogen (secondary N) is 2. The van der Waals surface area contributed by atoms with E-state index >= 15 is 0 Å². The first-order chi connectivity index (χ1) is 10.0. The predicted octanol–water partition coefficient (Wildman–Crippen LogP) is 4.13. The molecular weight excluding hydrogens is 267 g/mol. The van der Waals surface area contributed by atoms with Gasteiger partial charge in [-0.1, -0.05) is 18.2 Å². The van der Waals surface area contributed by atoms with Gasteiger partial charge in [0.05, 0.1) is 11.3 Å². The normalized spacial score (nSPS) is 10.3. The fourth-order valence-electron chi connectivity index (χ4n) is 2.15. The number of benzene rings is 2. The summed E-state index contributed by atoms with van der Waals surface area (Å²) in [6, 6.07) is 10.2. The van der Waals surface area contributed by atoms with E-state index in [-0.39, 0.29) is 11.6 Å². The number of hydrogen-bond acceptors (Lipinski definition) is 2. The summed E-state index contributed by atoms with van der Waals surface area (Å²) in [5.74, 6) is -0.746. The van der Waals surface area contributed by atoms with Gasteiger partial charge < -0.3 is 10.6 Å². The smallest absolute Gasteiger partial charge is 0.257 e. The van der Waals surface area contributed by atoms with Crippen LogP contribution in [0.15, 0.2) is 36.4 Å². The lowest BCUT2D eigenvalue weighted by Crippen LogP contribution is -2.16. The minimum atomic E-state index is -0.425. The van der Waals surface area contributed by atoms with E-state index < -0.39 is 5.82 Å². The van der Waals surface area contributed by atoms with E-state index in [2.05, 4.69) is 10.6 Å². The summed E-state index contributed by atoms with van der Waals surface area (Å²) in [6.07, 6.45) is 0. The largest absolute Gasteiger partial charge is 0.382 e. The first-order valence-electron chi connectivity index (χ1n) is 6.94. The van der Waals surface area contributed by atoms with Crippen molar-refractivity contribution in [2.75, 3.05) is 17.2 Å². The molecule has 2 aromatic carbocycles. The standard InChI is InChI=1S/C17H19FN2O/c1-4-19-16-13(8-6-9-14(16)18)17(21)20-15-10-5-7-11(2)12(15)3/h5-10,19H,4H2,1-3H3,(H,20,21). The molecule has 2 N–H and O–H groups in total. The highest BCUT2D eigenvalue weighted by Gasteiger charge is 2.15. The van der Waals surface area contributed by atoms with Gasteiger partial charge in [0, 0.05) is 12.2 Å². The molecule has 0 aliphatic rings. The van der Waals surface area contributed by atoms with Crippen molar-refractivity contribution in [1.82, 2.24) is 0 Å². The highest BCUT2D eigenvalue weighted by Crippen LogP contribution is 2.23. The Morgan fingerprint density at radius 3 is 2.57 bits per heavy atom. The first-order valence-corrected chi connectivity index (χ1v) is 6.94. The van der Waals surface area contributed by atoms with E-state index in [1.807, 2.05) is 39.0 Å². The van der Waals surface area contributed by atoms with Gasteiger partial charge in [0.15, 0.2) is 0 Å². The molecule has 0 aromatic heterocycles. The van der Waals surface area contributed by atoms with Crippen LogP contribution < -0.4 is 10.6 Å². The van der Waals surface area contributed by atoms with Crippen LogP contribution in [0.2, 0.25) is 0 Å². The molecule has 0 saturated heterocycles. The second-order valence-corrected chi connectivity index (χ2v) is 4.89. The first kappa shape index (κ1) is 15.0. The topological polar surface area (TPSA) is 41.1 Å². The molecule has 0 heterocycles. The third-order valence-corrected chi connectivity index (χ3v) is 3.46. The fourth-order valence-corrected chi connectivity index (χ4v) is 2.15.